The van der Waals surface area contributed by atoms with Crippen LogP contribution in [-0.2, 0) is 0 Å². The second kappa shape index (κ2) is 5.20. The van der Waals surface area contributed by atoms with Gasteiger partial charge in [-0.2, -0.15) is 5.10 Å². The number of ether oxygens (including phenoxy) is 2. The second-order valence-electron chi connectivity index (χ2n) is 4.33. The van der Waals surface area contributed by atoms with Crippen molar-refractivity contribution in [3.05, 3.63) is 30.6 Å². The van der Waals surface area contributed by atoms with Gasteiger partial charge in [0.05, 0.1) is 26.0 Å². The van der Waals surface area contributed by atoms with Gasteiger partial charge >= 0.3 is 0 Å². The summed E-state index contributed by atoms with van der Waals surface area (Å²) in [4.78, 5) is 0. The minimum Gasteiger partial charge on any atom is -0.493 e. The van der Waals surface area contributed by atoms with E-state index in [-0.39, 0.29) is 5.88 Å². The molecule has 2 aromatic heterocycles. The van der Waals surface area contributed by atoms with Gasteiger partial charge < -0.3 is 19.7 Å². The smallest absolute Gasteiger partial charge is 0.230 e. The summed E-state index contributed by atoms with van der Waals surface area (Å²) in [7, 11) is 3.16. The van der Waals surface area contributed by atoms with Gasteiger partial charge in [0.15, 0.2) is 11.5 Å². The van der Waals surface area contributed by atoms with Crippen LogP contribution in [0.25, 0.3) is 22.4 Å². The van der Waals surface area contributed by atoms with E-state index in [1.807, 2.05) is 12.1 Å². The summed E-state index contributed by atoms with van der Waals surface area (Å²) in [5.74, 6) is 1.48. The van der Waals surface area contributed by atoms with Crippen LogP contribution >= 0.6 is 0 Å². The van der Waals surface area contributed by atoms with Crippen molar-refractivity contribution in [2.24, 2.45) is 0 Å². The summed E-state index contributed by atoms with van der Waals surface area (Å²) >= 11 is 0. The van der Waals surface area contributed by atoms with Crippen LogP contribution in [0.2, 0.25) is 0 Å². The van der Waals surface area contributed by atoms with Crippen molar-refractivity contribution in [1.29, 1.82) is 0 Å². The van der Waals surface area contributed by atoms with Crippen LogP contribution < -0.4 is 15.2 Å². The van der Waals surface area contributed by atoms with Gasteiger partial charge in [0.2, 0.25) is 5.88 Å². The van der Waals surface area contributed by atoms with Crippen molar-refractivity contribution < 1.29 is 14.0 Å². The Labute approximate surface area is 120 Å². The predicted octanol–water partition coefficient (Wildman–Crippen LogP) is 2.33. The Bertz CT molecular complexity index is 750. The zero-order chi connectivity index (χ0) is 14.8. The molecular weight excluding hydrogens is 272 g/mol. The molecule has 0 aliphatic carbocycles. The van der Waals surface area contributed by atoms with Crippen LogP contribution in [0.5, 0.6) is 11.5 Å². The third-order valence-corrected chi connectivity index (χ3v) is 3.16. The molecule has 0 aliphatic rings. The van der Waals surface area contributed by atoms with E-state index in [1.54, 1.807) is 32.7 Å². The van der Waals surface area contributed by atoms with Gasteiger partial charge in [-0.25, -0.2) is 0 Å². The summed E-state index contributed by atoms with van der Waals surface area (Å²) in [6.07, 6.45) is 3.38. The molecule has 0 unspecified atom stereocenters. The number of hydrogen-bond acceptors (Lipinski definition) is 6. The van der Waals surface area contributed by atoms with E-state index in [1.165, 1.54) is 0 Å². The third-order valence-electron chi connectivity index (χ3n) is 3.16. The molecule has 0 saturated heterocycles. The van der Waals surface area contributed by atoms with Crippen LogP contribution in [0, 0.1) is 0 Å². The molecule has 21 heavy (non-hydrogen) atoms. The fourth-order valence-corrected chi connectivity index (χ4v) is 2.15. The number of methoxy groups -OCH3 is 2. The highest BCUT2D eigenvalue weighted by Crippen LogP contribution is 2.39. The fraction of sp³-hybridized carbons (Fsp3) is 0.143. The fourth-order valence-electron chi connectivity index (χ4n) is 2.15. The van der Waals surface area contributed by atoms with Crippen LogP contribution in [0.4, 0.5) is 5.88 Å². The van der Waals surface area contributed by atoms with Gasteiger partial charge in [-0.05, 0) is 17.7 Å². The standard InChI is InChI=1S/C14H14N4O3/c1-19-10-4-3-8(5-11(10)20-2)12-13(18-21-14(12)15)9-6-16-17-7-9/h3-7H,15H2,1-2H3,(H,16,17). The summed E-state index contributed by atoms with van der Waals surface area (Å²) in [5.41, 5.74) is 8.83. The third kappa shape index (κ3) is 2.18. The van der Waals surface area contributed by atoms with Crippen molar-refractivity contribution in [2.45, 2.75) is 0 Å². The van der Waals surface area contributed by atoms with E-state index < -0.39 is 0 Å². The monoisotopic (exact) mass is 286 g/mol. The highest BCUT2D eigenvalue weighted by Gasteiger charge is 2.19. The maximum absolute atomic E-state index is 5.91. The number of nitrogens with one attached hydrogen (secondary N) is 1. The molecule has 3 rings (SSSR count). The van der Waals surface area contributed by atoms with Crippen molar-refractivity contribution >= 4 is 5.88 Å². The molecule has 0 bridgehead atoms. The number of hydrogen-bond donors (Lipinski definition) is 2. The lowest BCUT2D eigenvalue weighted by molar-refractivity contribution is 0.355. The molecular formula is C14H14N4O3. The number of aromatic nitrogens is 3. The quantitative estimate of drug-likeness (QED) is 0.763. The van der Waals surface area contributed by atoms with E-state index in [0.29, 0.717) is 22.8 Å². The van der Waals surface area contributed by atoms with Crippen LogP contribution in [0.15, 0.2) is 35.1 Å². The Balaban J connectivity index is 2.15. The highest BCUT2D eigenvalue weighted by atomic mass is 16.5. The number of nitrogen functional groups attached to an aromatic ring is 1. The maximum Gasteiger partial charge on any atom is 0.230 e. The Morgan fingerprint density at radius 1 is 1.14 bits per heavy atom. The Morgan fingerprint density at radius 3 is 2.62 bits per heavy atom. The highest BCUT2D eigenvalue weighted by molar-refractivity contribution is 5.87. The normalized spacial score (nSPS) is 10.6. The number of rotatable bonds is 4. The molecule has 3 N–H and O–H groups in total. The molecule has 0 fully saturated rings. The van der Waals surface area contributed by atoms with E-state index >= 15 is 0 Å². The van der Waals surface area contributed by atoms with Crippen molar-refractivity contribution in [3.8, 4) is 33.9 Å². The number of nitrogens with zero attached hydrogens (tertiary/aromatic N) is 2. The van der Waals surface area contributed by atoms with Crippen molar-refractivity contribution in [3.63, 3.8) is 0 Å². The van der Waals surface area contributed by atoms with Crippen molar-refractivity contribution in [2.75, 3.05) is 20.0 Å². The number of H-pyrrole nitrogens is 1. The van der Waals surface area contributed by atoms with Crippen LogP contribution in [0.1, 0.15) is 0 Å². The molecule has 1 aromatic carbocycles. The summed E-state index contributed by atoms with van der Waals surface area (Å²) in [6, 6.07) is 5.50. The average Bonchev–Trinajstić information content (AvgIpc) is 3.15. The molecule has 3 aromatic rings. The van der Waals surface area contributed by atoms with Gasteiger partial charge in [-0.15, -0.1) is 0 Å². The first-order chi connectivity index (χ1) is 10.2. The van der Waals surface area contributed by atoms with Gasteiger partial charge in [0.1, 0.15) is 5.69 Å². The van der Waals surface area contributed by atoms with E-state index in [4.69, 9.17) is 19.7 Å². The van der Waals surface area contributed by atoms with E-state index in [9.17, 15) is 0 Å². The number of benzene rings is 1. The second-order valence-corrected chi connectivity index (χ2v) is 4.33. The minimum absolute atomic E-state index is 0.235. The van der Waals surface area contributed by atoms with Crippen molar-refractivity contribution in [1.82, 2.24) is 15.4 Å². The Hall–Kier alpha value is -2.96. The summed E-state index contributed by atoms with van der Waals surface area (Å²) in [5, 5.41) is 10.7. The molecule has 108 valence electrons. The van der Waals surface area contributed by atoms with Gasteiger partial charge in [0, 0.05) is 11.8 Å². The van der Waals surface area contributed by atoms with Gasteiger partial charge in [-0.1, -0.05) is 11.2 Å². The SMILES string of the molecule is COc1ccc(-c2c(-c3cn[nH]c3)noc2N)cc1OC. The zero-order valence-corrected chi connectivity index (χ0v) is 11.6. The zero-order valence-electron chi connectivity index (χ0n) is 11.6. The lowest BCUT2D eigenvalue weighted by Gasteiger charge is -2.09. The van der Waals surface area contributed by atoms with E-state index in [2.05, 4.69) is 15.4 Å². The molecule has 0 radical (unpaired) electrons. The molecule has 7 nitrogen and oxygen atoms in total. The number of aromatic amines is 1. The topological polar surface area (TPSA) is 99.2 Å². The molecule has 7 heteroatoms. The molecule has 0 amide bonds. The van der Waals surface area contributed by atoms with Gasteiger partial charge in [0.25, 0.3) is 0 Å². The first kappa shape index (κ1) is 13.0. The molecule has 0 aliphatic heterocycles. The largest absolute Gasteiger partial charge is 0.493 e. The van der Waals surface area contributed by atoms with Gasteiger partial charge in [-0.3, -0.25) is 5.10 Å². The number of anilines is 1. The first-order valence-corrected chi connectivity index (χ1v) is 6.21. The molecule has 2 heterocycles. The number of nitrogens with two attached hydrogens (primary N) is 1. The van der Waals surface area contributed by atoms with E-state index in [0.717, 1.165) is 11.1 Å². The lowest BCUT2D eigenvalue weighted by atomic mass is 10.0. The Morgan fingerprint density at radius 2 is 1.95 bits per heavy atom. The molecule has 0 atom stereocenters. The molecule has 0 spiro atoms. The summed E-state index contributed by atoms with van der Waals surface area (Å²) in [6.45, 7) is 0. The first-order valence-electron chi connectivity index (χ1n) is 6.21. The van der Waals surface area contributed by atoms with Crippen LogP contribution in [-0.4, -0.2) is 29.6 Å². The summed E-state index contributed by atoms with van der Waals surface area (Å²) < 4.78 is 15.7. The Kier molecular flexibility index (Phi) is 3.23. The average molecular weight is 286 g/mol. The maximum atomic E-state index is 5.91. The molecule has 0 saturated carbocycles. The predicted molar refractivity (Wildman–Crippen MR) is 77.0 cm³/mol. The van der Waals surface area contributed by atoms with Crippen LogP contribution in [0.3, 0.4) is 0 Å². The minimum atomic E-state index is 0.235. The lowest BCUT2D eigenvalue weighted by Crippen LogP contribution is -1.92.